The predicted octanol–water partition coefficient (Wildman–Crippen LogP) is 0.679. The van der Waals surface area contributed by atoms with E-state index in [9.17, 15) is 23.4 Å². The molecule has 0 bridgehead atoms. The molecule has 1 saturated heterocycles. The van der Waals surface area contributed by atoms with Crippen molar-refractivity contribution in [2.24, 2.45) is 0 Å². The zero-order valence-electron chi connectivity index (χ0n) is 17.3. The summed E-state index contributed by atoms with van der Waals surface area (Å²) in [5, 5.41) is 25.0. The number of nitrogens with one attached hydrogen (secondary N) is 1. The molecule has 0 unspecified atom stereocenters. The molecule has 1 aliphatic carbocycles. The van der Waals surface area contributed by atoms with Gasteiger partial charge in [0.2, 0.25) is 16.0 Å². The van der Waals surface area contributed by atoms with E-state index in [1.54, 1.807) is 23.8 Å². The first kappa shape index (κ1) is 22.8. The number of rotatable bonds is 4. The van der Waals surface area contributed by atoms with E-state index in [1.807, 2.05) is 22.6 Å². The molecule has 12 heteroatoms. The minimum atomic E-state index is -3.37. The van der Waals surface area contributed by atoms with Gasteiger partial charge in [-0.3, -0.25) is 9.36 Å². The number of anilines is 1. The largest absolute Gasteiger partial charge is 0.390 e. The molecule has 2 aliphatic rings. The lowest BCUT2D eigenvalue weighted by Crippen LogP contribution is -2.51. The number of piperidine rings is 1. The number of halogens is 1. The molecule has 170 valence electrons. The molecule has 3 heterocycles. The summed E-state index contributed by atoms with van der Waals surface area (Å²) in [6.07, 6.45) is 4.32. The molecule has 4 atom stereocenters. The fourth-order valence-corrected chi connectivity index (χ4v) is 5.98. The quantitative estimate of drug-likeness (QED) is 0.462. The molecule has 2 aromatic heterocycles. The first-order valence-corrected chi connectivity index (χ1v) is 13.1. The minimum Gasteiger partial charge on any atom is -0.390 e. The van der Waals surface area contributed by atoms with Crippen molar-refractivity contribution in [3.63, 3.8) is 0 Å². The average Bonchev–Trinajstić information content (AvgIpc) is 3.03. The normalized spacial score (nSPS) is 30.0. The van der Waals surface area contributed by atoms with E-state index in [0.29, 0.717) is 33.9 Å². The second-order valence-corrected chi connectivity index (χ2v) is 11.8. The maximum absolute atomic E-state index is 13.0. The molecule has 2 aromatic rings. The Kier molecular flexibility index (Phi) is 6.05. The lowest BCUT2D eigenvalue weighted by molar-refractivity contribution is 0.0266. The SMILES string of the molecule is C[C@@]1(O)CCC[C@H]1n1c(=O)c(I)cc2cnc(N[C@@H]3CCN(S(C)(=O)=O)C[C@H]3O)nc21. The second kappa shape index (κ2) is 8.21. The highest BCUT2D eigenvalue weighted by atomic mass is 127. The van der Waals surface area contributed by atoms with Crippen LogP contribution in [0, 0.1) is 3.57 Å². The molecule has 0 spiro atoms. The third-order valence-corrected chi connectivity index (χ3v) is 8.29. The van der Waals surface area contributed by atoms with Crippen LogP contribution < -0.4 is 10.9 Å². The first-order chi connectivity index (χ1) is 14.5. The Hall–Kier alpha value is -1.35. The highest BCUT2D eigenvalue weighted by Gasteiger charge is 2.40. The Morgan fingerprint density at radius 2 is 2.10 bits per heavy atom. The van der Waals surface area contributed by atoms with Crippen LogP contribution in [-0.2, 0) is 10.0 Å². The van der Waals surface area contributed by atoms with E-state index in [-0.39, 0.29) is 30.6 Å². The number of aliphatic hydroxyl groups is 2. The molecule has 31 heavy (non-hydrogen) atoms. The van der Waals surface area contributed by atoms with Crippen LogP contribution in [0.15, 0.2) is 17.1 Å². The Balaban J connectivity index is 1.68. The third-order valence-electron chi connectivity index (χ3n) is 6.25. The number of nitrogens with zero attached hydrogens (tertiary/aromatic N) is 4. The monoisotopic (exact) mass is 563 g/mol. The zero-order chi connectivity index (χ0) is 22.6. The van der Waals surface area contributed by atoms with Gasteiger partial charge in [-0.15, -0.1) is 0 Å². The van der Waals surface area contributed by atoms with Crippen molar-refractivity contribution >= 4 is 49.6 Å². The molecule has 2 fully saturated rings. The average molecular weight is 563 g/mol. The summed E-state index contributed by atoms with van der Waals surface area (Å²) in [5.41, 5.74) is -0.779. The van der Waals surface area contributed by atoms with Crippen molar-refractivity contribution in [3.05, 3.63) is 26.2 Å². The van der Waals surface area contributed by atoms with Crippen molar-refractivity contribution in [3.8, 4) is 0 Å². The van der Waals surface area contributed by atoms with Crippen LogP contribution in [0.2, 0.25) is 0 Å². The number of aromatic nitrogens is 3. The summed E-state index contributed by atoms with van der Waals surface area (Å²) in [7, 11) is -3.37. The maximum Gasteiger partial charge on any atom is 0.266 e. The van der Waals surface area contributed by atoms with Gasteiger partial charge >= 0.3 is 0 Å². The first-order valence-electron chi connectivity index (χ1n) is 10.2. The molecule has 1 aliphatic heterocycles. The topological polar surface area (TPSA) is 138 Å². The van der Waals surface area contributed by atoms with Crippen LogP contribution in [0.5, 0.6) is 0 Å². The minimum absolute atomic E-state index is 0.00206. The Morgan fingerprint density at radius 1 is 1.35 bits per heavy atom. The molecule has 4 rings (SSSR count). The van der Waals surface area contributed by atoms with Crippen molar-refractivity contribution < 1.29 is 18.6 Å². The van der Waals surface area contributed by atoms with E-state index in [1.165, 1.54) is 4.31 Å². The van der Waals surface area contributed by atoms with Gasteiger partial charge in [-0.2, -0.15) is 9.29 Å². The van der Waals surface area contributed by atoms with Gasteiger partial charge in [0.1, 0.15) is 5.65 Å². The van der Waals surface area contributed by atoms with Crippen LogP contribution in [0.4, 0.5) is 5.95 Å². The summed E-state index contributed by atoms with van der Waals surface area (Å²) in [5.74, 6) is 0.247. The van der Waals surface area contributed by atoms with Gasteiger partial charge < -0.3 is 15.5 Å². The van der Waals surface area contributed by atoms with Gasteiger partial charge in [-0.25, -0.2) is 13.4 Å². The van der Waals surface area contributed by atoms with Gasteiger partial charge in [0.05, 0.1) is 33.6 Å². The maximum atomic E-state index is 13.0. The molecule has 1 saturated carbocycles. The summed E-state index contributed by atoms with van der Waals surface area (Å²) in [6.45, 7) is 2.03. The van der Waals surface area contributed by atoms with Gasteiger partial charge in [0.15, 0.2) is 0 Å². The fourth-order valence-electron chi connectivity index (χ4n) is 4.52. The van der Waals surface area contributed by atoms with Crippen LogP contribution in [0.3, 0.4) is 0 Å². The van der Waals surface area contributed by atoms with Crippen LogP contribution in [0.25, 0.3) is 11.0 Å². The van der Waals surface area contributed by atoms with E-state index in [2.05, 4.69) is 15.3 Å². The van der Waals surface area contributed by atoms with Crippen molar-refractivity contribution in [1.82, 2.24) is 18.8 Å². The Morgan fingerprint density at radius 3 is 2.71 bits per heavy atom. The summed E-state index contributed by atoms with van der Waals surface area (Å²) < 4.78 is 26.8. The fraction of sp³-hybridized carbons (Fsp3) is 0.632. The summed E-state index contributed by atoms with van der Waals surface area (Å²) in [6, 6.07) is 0.916. The van der Waals surface area contributed by atoms with Crippen LogP contribution in [0.1, 0.15) is 38.6 Å². The van der Waals surface area contributed by atoms with E-state index in [4.69, 9.17) is 0 Å². The molecular weight excluding hydrogens is 537 g/mol. The van der Waals surface area contributed by atoms with Gasteiger partial charge in [0, 0.05) is 24.7 Å². The third kappa shape index (κ3) is 4.45. The lowest BCUT2D eigenvalue weighted by Gasteiger charge is -2.34. The molecule has 3 N–H and O–H groups in total. The summed E-state index contributed by atoms with van der Waals surface area (Å²) >= 11 is 1.99. The summed E-state index contributed by atoms with van der Waals surface area (Å²) in [4.78, 5) is 21.9. The highest BCUT2D eigenvalue weighted by Crippen LogP contribution is 2.39. The van der Waals surface area contributed by atoms with Crippen molar-refractivity contribution in [1.29, 1.82) is 0 Å². The number of hydrogen-bond donors (Lipinski definition) is 3. The van der Waals surface area contributed by atoms with Gasteiger partial charge in [-0.05, 0) is 61.3 Å². The number of sulfonamides is 1. The molecule has 0 amide bonds. The smallest absolute Gasteiger partial charge is 0.266 e. The Labute approximate surface area is 193 Å². The Bertz CT molecular complexity index is 1170. The van der Waals surface area contributed by atoms with Crippen molar-refractivity contribution in [2.45, 2.75) is 56.4 Å². The van der Waals surface area contributed by atoms with Gasteiger partial charge in [0.25, 0.3) is 5.56 Å². The predicted molar refractivity (Wildman–Crippen MR) is 124 cm³/mol. The van der Waals surface area contributed by atoms with Crippen LogP contribution in [-0.4, -0.2) is 74.6 Å². The molecule has 10 nitrogen and oxygen atoms in total. The van der Waals surface area contributed by atoms with E-state index < -0.39 is 27.8 Å². The van der Waals surface area contributed by atoms with E-state index >= 15 is 0 Å². The second-order valence-electron chi connectivity index (χ2n) is 8.63. The highest BCUT2D eigenvalue weighted by molar-refractivity contribution is 14.1. The van der Waals surface area contributed by atoms with Gasteiger partial charge in [-0.1, -0.05) is 0 Å². The molecule has 0 aromatic carbocycles. The van der Waals surface area contributed by atoms with Crippen LogP contribution >= 0.6 is 22.6 Å². The lowest BCUT2D eigenvalue weighted by atomic mass is 10.00. The standard InChI is InChI=1S/C19H26IN5O5S/c1-19(28)6-3-4-15(19)25-16-11(8-12(20)17(25)27)9-21-18(23-16)22-13-5-7-24(10-14(13)26)31(2,29)30/h8-9,13-15,26,28H,3-7,10H2,1-2H3,(H,21,22,23)/t13-,14-,15-,19-/m1/s1. The number of aliphatic hydroxyl groups excluding tert-OH is 1. The molecular formula is C19H26IN5O5S. The molecule has 0 radical (unpaired) electrons. The number of fused-ring (bicyclic) bond motifs is 1. The zero-order valence-corrected chi connectivity index (χ0v) is 20.3. The number of pyridine rings is 1. The van der Waals surface area contributed by atoms with E-state index in [0.717, 1.165) is 12.7 Å². The number of hydrogen-bond acceptors (Lipinski definition) is 8. The number of β-amino-alcohol motifs (C(OH)–C–C–N with tert-alkyl or cyclic N) is 1. The van der Waals surface area contributed by atoms with Crippen molar-refractivity contribution in [2.75, 3.05) is 24.7 Å².